The second-order valence-corrected chi connectivity index (χ2v) is 6.57. The summed E-state index contributed by atoms with van der Waals surface area (Å²) in [5, 5.41) is 3.01. The smallest absolute Gasteiger partial charge is 0.338 e. The largest absolute Gasteiger partial charge is 0.452 e. The van der Waals surface area contributed by atoms with Crippen LogP contribution < -0.4 is 5.32 Å². The number of hydrogen-bond acceptors (Lipinski definition) is 3. The maximum absolute atomic E-state index is 12.0. The van der Waals surface area contributed by atoms with E-state index in [1.165, 1.54) is 12.0 Å². The van der Waals surface area contributed by atoms with E-state index in [0.717, 1.165) is 19.3 Å². The maximum Gasteiger partial charge on any atom is 0.338 e. The molecule has 3 atom stereocenters. The second kappa shape index (κ2) is 8.14. The molecule has 1 fully saturated rings. The summed E-state index contributed by atoms with van der Waals surface area (Å²) in [5.74, 6) is 0.418. The molecule has 126 valence electrons. The van der Waals surface area contributed by atoms with Crippen molar-refractivity contribution in [3.8, 4) is 0 Å². The Morgan fingerprint density at radius 3 is 2.52 bits per heavy atom. The number of nitrogens with one attached hydrogen (secondary N) is 1. The minimum atomic E-state index is -0.451. The first-order chi connectivity index (χ1) is 11.0. The Morgan fingerprint density at radius 2 is 1.87 bits per heavy atom. The van der Waals surface area contributed by atoms with E-state index in [1.807, 2.05) is 12.1 Å². The van der Waals surface area contributed by atoms with Crippen LogP contribution in [0.2, 0.25) is 0 Å². The van der Waals surface area contributed by atoms with Crippen molar-refractivity contribution in [2.45, 2.75) is 52.5 Å². The third-order valence-electron chi connectivity index (χ3n) is 4.99. The fraction of sp³-hybridized carbons (Fsp3) is 0.579. The Balaban J connectivity index is 1.80. The monoisotopic (exact) mass is 317 g/mol. The first-order valence-corrected chi connectivity index (χ1v) is 8.56. The molecule has 0 radical (unpaired) electrons. The normalized spacial score (nSPS) is 24.0. The highest BCUT2D eigenvalue weighted by Crippen LogP contribution is 2.29. The van der Waals surface area contributed by atoms with Gasteiger partial charge in [0.1, 0.15) is 0 Å². The summed E-state index contributed by atoms with van der Waals surface area (Å²) in [4.78, 5) is 24.0. The van der Waals surface area contributed by atoms with Gasteiger partial charge in [0.05, 0.1) is 5.56 Å². The van der Waals surface area contributed by atoms with Crippen LogP contribution in [0.25, 0.3) is 0 Å². The van der Waals surface area contributed by atoms with Crippen molar-refractivity contribution < 1.29 is 14.3 Å². The Hall–Kier alpha value is -1.84. The number of amides is 1. The van der Waals surface area contributed by atoms with Crippen LogP contribution in [0.5, 0.6) is 0 Å². The topological polar surface area (TPSA) is 55.4 Å². The van der Waals surface area contributed by atoms with Gasteiger partial charge in [-0.25, -0.2) is 4.79 Å². The maximum atomic E-state index is 12.0. The molecule has 0 aromatic heterocycles. The zero-order chi connectivity index (χ0) is 16.8. The molecule has 1 N–H and O–H groups in total. The number of benzene rings is 1. The van der Waals surface area contributed by atoms with Gasteiger partial charge in [-0.05, 0) is 42.4 Å². The van der Waals surface area contributed by atoms with E-state index < -0.39 is 5.97 Å². The fourth-order valence-corrected chi connectivity index (χ4v) is 3.13. The summed E-state index contributed by atoms with van der Waals surface area (Å²) in [6, 6.07) is 7.48. The van der Waals surface area contributed by atoms with Gasteiger partial charge in [0, 0.05) is 6.04 Å². The lowest BCUT2D eigenvalue weighted by atomic mass is 9.78. The lowest BCUT2D eigenvalue weighted by molar-refractivity contribution is -0.125. The van der Waals surface area contributed by atoms with Gasteiger partial charge >= 0.3 is 5.97 Å². The van der Waals surface area contributed by atoms with Gasteiger partial charge in [-0.3, -0.25) is 4.79 Å². The summed E-state index contributed by atoms with van der Waals surface area (Å²) in [5.41, 5.74) is 1.65. The third-order valence-corrected chi connectivity index (χ3v) is 4.99. The van der Waals surface area contributed by atoms with Gasteiger partial charge in [0.15, 0.2) is 6.61 Å². The van der Waals surface area contributed by atoms with E-state index >= 15 is 0 Å². The van der Waals surface area contributed by atoms with Gasteiger partial charge in [0.2, 0.25) is 0 Å². The average molecular weight is 317 g/mol. The van der Waals surface area contributed by atoms with Crippen LogP contribution in [0.3, 0.4) is 0 Å². The van der Waals surface area contributed by atoms with Crippen LogP contribution in [0.4, 0.5) is 0 Å². The van der Waals surface area contributed by atoms with E-state index in [2.05, 4.69) is 26.1 Å². The number of ether oxygens (including phenoxy) is 1. The Morgan fingerprint density at radius 1 is 1.17 bits per heavy atom. The molecule has 1 aromatic rings. The summed E-state index contributed by atoms with van der Waals surface area (Å²) < 4.78 is 5.12. The molecule has 1 aliphatic rings. The number of hydrogen-bond donors (Lipinski definition) is 1. The zero-order valence-corrected chi connectivity index (χ0v) is 14.3. The summed E-state index contributed by atoms with van der Waals surface area (Å²) >= 11 is 0. The second-order valence-electron chi connectivity index (χ2n) is 6.57. The van der Waals surface area contributed by atoms with Crippen LogP contribution in [0.15, 0.2) is 24.3 Å². The molecule has 1 amide bonds. The molecule has 1 saturated carbocycles. The summed E-state index contributed by atoms with van der Waals surface area (Å²) in [6.45, 7) is 6.25. The molecule has 0 aliphatic heterocycles. The van der Waals surface area contributed by atoms with Crippen LogP contribution >= 0.6 is 0 Å². The van der Waals surface area contributed by atoms with E-state index in [-0.39, 0.29) is 18.6 Å². The predicted molar refractivity (Wildman–Crippen MR) is 90.2 cm³/mol. The lowest BCUT2D eigenvalue weighted by Gasteiger charge is -2.34. The van der Waals surface area contributed by atoms with Gasteiger partial charge in [-0.15, -0.1) is 0 Å². The summed E-state index contributed by atoms with van der Waals surface area (Å²) in [7, 11) is 0. The molecule has 0 unspecified atom stereocenters. The van der Waals surface area contributed by atoms with Crippen LogP contribution in [0.1, 0.15) is 56.0 Å². The van der Waals surface area contributed by atoms with Gasteiger partial charge in [-0.1, -0.05) is 45.7 Å². The Kier molecular flexibility index (Phi) is 6.20. The van der Waals surface area contributed by atoms with Crippen LogP contribution in [-0.2, 0) is 16.0 Å². The highest BCUT2D eigenvalue weighted by molar-refractivity contribution is 5.91. The highest BCUT2D eigenvalue weighted by atomic mass is 16.5. The molecule has 4 nitrogen and oxygen atoms in total. The SMILES string of the molecule is CCc1ccc(C(=O)OCC(=O)N[C@@H]2CCC[C@H](C)[C@H]2C)cc1. The van der Waals surface area contributed by atoms with E-state index in [9.17, 15) is 9.59 Å². The fourth-order valence-electron chi connectivity index (χ4n) is 3.13. The molecule has 0 saturated heterocycles. The van der Waals surface area contributed by atoms with Crippen molar-refractivity contribution in [3.63, 3.8) is 0 Å². The molecule has 2 rings (SSSR count). The minimum absolute atomic E-state index is 0.189. The first kappa shape index (κ1) is 17.5. The lowest BCUT2D eigenvalue weighted by Crippen LogP contribution is -2.45. The molecule has 23 heavy (non-hydrogen) atoms. The quantitative estimate of drug-likeness (QED) is 0.847. The van der Waals surface area contributed by atoms with Gasteiger partial charge in [-0.2, -0.15) is 0 Å². The van der Waals surface area contributed by atoms with Crippen molar-refractivity contribution in [2.75, 3.05) is 6.61 Å². The minimum Gasteiger partial charge on any atom is -0.452 e. The van der Waals surface area contributed by atoms with Crippen molar-refractivity contribution >= 4 is 11.9 Å². The molecule has 1 aliphatic carbocycles. The number of rotatable bonds is 5. The van der Waals surface area contributed by atoms with Crippen molar-refractivity contribution in [1.82, 2.24) is 5.32 Å². The highest BCUT2D eigenvalue weighted by Gasteiger charge is 2.28. The standard InChI is InChI=1S/C19H27NO3/c1-4-15-8-10-16(11-9-15)19(22)23-12-18(21)20-17-7-5-6-13(2)14(17)3/h8-11,13-14,17H,4-7,12H2,1-3H3,(H,20,21)/t13-,14+,17+/m0/s1. The van der Waals surface area contributed by atoms with Crippen molar-refractivity contribution in [2.24, 2.45) is 11.8 Å². The van der Waals surface area contributed by atoms with E-state index in [0.29, 0.717) is 17.4 Å². The van der Waals surface area contributed by atoms with E-state index in [1.54, 1.807) is 12.1 Å². The third kappa shape index (κ3) is 4.81. The van der Waals surface area contributed by atoms with Gasteiger partial charge in [0.25, 0.3) is 5.91 Å². The molecule has 0 heterocycles. The number of aryl methyl sites for hydroxylation is 1. The molecular formula is C19H27NO3. The first-order valence-electron chi connectivity index (χ1n) is 8.56. The molecule has 4 heteroatoms. The Bertz CT molecular complexity index is 538. The summed E-state index contributed by atoms with van der Waals surface area (Å²) in [6.07, 6.45) is 4.29. The number of esters is 1. The predicted octanol–water partition coefficient (Wildman–Crippen LogP) is 3.35. The van der Waals surface area contributed by atoms with Crippen molar-refractivity contribution in [3.05, 3.63) is 35.4 Å². The number of carbonyl (C=O) groups excluding carboxylic acids is 2. The molecule has 0 spiro atoms. The average Bonchev–Trinajstić information content (AvgIpc) is 2.57. The number of carbonyl (C=O) groups is 2. The zero-order valence-electron chi connectivity index (χ0n) is 14.3. The van der Waals surface area contributed by atoms with E-state index in [4.69, 9.17) is 4.74 Å². The molecular weight excluding hydrogens is 290 g/mol. The van der Waals surface area contributed by atoms with Gasteiger partial charge < -0.3 is 10.1 Å². The Labute approximate surface area is 138 Å². The molecule has 1 aromatic carbocycles. The molecule has 0 bridgehead atoms. The van der Waals surface area contributed by atoms with Crippen LogP contribution in [-0.4, -0.2) is 24.5 Å². The van der Waals surface area contributed by atoms with Crippen LogP contribution in [0, 0.1) is 11.8 Å². The van der Waals surface area contributed by atoms with Crippen molar-refractivity contribution in [1.29, 1.82) is 0 Å².